The molecule has 1 aliphatic heterocycles. The van der Waals surface area contributed by atoms with Gasteiger partial charge in [0, 0.05) is 25.1 Å². The summed E-state index contributed by atoms with van der Waals surface area (Å²) < 4.78 is 11.3. The van der Waals surface area contributed by atoms with Crippen LogP contribution < -0.4 is 0 Å². The van der Waals surface area contributed by atoms with Crippen LogP contribution in [0.3, 0.4) is 0 Å². The molecule has 0 aromatic heterocycles. The Balaban J connectivity index is 1.81. The van der Waals surface area contributed by atoms with Gasteiger partial charge in [0.2, 0.25) is 0 Å². The molecule has 3 rings (SSSR count). The van der Waals surface area contributed by atoms with Crippen LogP contribution >= 0.6 is 0 Å². The average molecular weight is 328 g/mol. The molecule has 0 bridgehead atoms. The fraction of sp³-hybridized carbons (Fsp3) is 0.579. The second-order valence-electron chi connectivity index (χ2n) is 6.54. The highest BCUT2D eigenvalue weighted by Crippen LogP contribution is 2.34. The Labute approximate surface area is 143 Å². The normalized spacial score (nSPS) is 27.0. The van der Waals surface area contributed by atoms with Crippen LogP contribution in [0.25, 0.3) is 0 Å². The average Bonchev–Trinajstić information content (AvgIpc) is 3.10. The van der Waals surface area contributed by atoms with Gasteiger partial charge in [0.1, 0.15) is 0 Å². The van der Waals surface area contributed by atoms with Crippen molar-refractivity contribution in [1.82, 2.24) is 4.90 Å². The molecule has 1 aliphatic carbocycles. The van der Waals surface area contributed by atoms with Crippen molar-refractivity contribution in [3.63, 3.8) is 0 Å². The minimum Gasteiger partial charge on any atom is -0.381 e. The monoisotopic (exact) mass is 328 g/mol. The van der Waals surface area contributed by atoms with Gasteiger partial charge in [-0.3, -0.25) is 4.79 Å². The molecule has 1 saturated carbocycles. The minimum absolute atomic E-state index is 0.0323. The van der Waals surface area contributed by atoms with Gasteiger partial charge in [-0.05, 0) is 30.5 Å². The number of rotatable bonds is 4. The Kier molecular flexibility index (Phi) is 5.49. The number of hydrogen-bond donors (Lipinski definition) is 0. The summed E-state index contributed by atoms with van der Waals surface area (Å²) in [5.74, 6) is 0.367. The molecule has 128 valence electrons. The molecule has 1 saturated heterocycles. The Morgan fingerprint density at radius 2 is 2.33 bits per heavy atom. The van der Waals surface area contributed by atoms with Crippen molar-refractivity contribution in [3.05, 3.63) is 35.4 Å². The van der Waals surface area contributed by atoms with Gasteiger partial charge in [0.15, 0.2) is 0 Å². The van der Waals surface area contributed by atoms with Crippen LogP contribution in [0.15, 0.2) is 24.3 Å². The van der Waals surface area contributed by atoms with Gasteiger partial charge in [-0.15, -0.1) is 0 Å². The molecule has 3 atom stereocenters. The zero-order chi connectivity index (χ0) is 16.9. The molecule has 5 nitrogen and oxygen atoms in total. The summed E-state index contributed by atoms with van der Waals surface area (Å²) >= 11 is 0. The fourth-order valence-corrected chi connectivity index (χ4v) is 3.99. The van der Waals surface area contributed by atoms with Crippen molar-refractivity contribution < 1.29 is 14.3 Å². The number of carbonyl (C=O) groups is 1. The van der Waals surface area contributed by atoms with Crippen LogP contribution in [0.2, 0.25) is 0 Å². The molecule has 2 fully saturated rings. The summed E-state index contributed by atoms with van der Waals surface area (Å²) in [6, 6.07) is 9.60. The maximum absolute atomic E-state index is 13.1. The van der Waals surface area contributed by atoms with Crippen molar-refractivity contribution in [3.8, 4) is 6.07 Å². The van der Waals surface area contributed by atoms with E-state index < -0.39 is 0 Å². The van der Waals surface area contributed by atoms with Crippen molar-refractivity contribution in [2.24, 2.45) is 5.92 Å². The number of methoxy groups -OCH3 is 1. The molecular formula is C19H24N2O3. The maximum Gasteiger partial charge on any atom is 0.254 e. The summed E-state index contributed by atoms with van der Waals surface area (Å²) in [6.45, 7) is 1.76. The second kappa shape index (κ2) is 7.78. The van der Waals surface area contributed by atoms with E-state index >= 15 is 0 Å². The number of amides is 1. The second-order valence-corrected chi connectivity index (χ2v) is 6.54. The fourth-order valence-electron chi connectivity index (χ4n) is 3.99. The third-order valence-corrected chi connectivity index (χ3v) is 5.18. The third-order valence-electron chi connectivity index (χ3n) is 5.18. The summed E-state index contributed by atoms with van der Waals surface area (Å²) in [5.41, 5.74) is 1.53. The van der Waals surface area contributed by atoms with Crippen molar-refractivity contribution in [2.75, 3.05) is 26.9 Å². The van der Waals surface area contributed by atoms with E-state index in [4.69, 9.17) is 14.7 Å². The molecule has 0 N–H and O–H groups in total. The van der Waals surface area contributed by atoms with Gasteiger partial charge < -0.3 is 14.4 Å². The highest BCUT2D eigenvalue weighted by atomic mass is 16.5. The van der Waals surface area contributed by atoms with E-state index in [0.29, 0.717) is 37.7 Å². The minimum atomic E-state index is 0.0323. The summed E-state index contributed by atoms with van der Waals surface area (Å²) in [4.78, 5) is 15.0. The molecule has 24 heavy (non-hydrogen) atoms. The zero-order valence-electron chi connectivity index (χ0n) is 14.1. The number of ether oxygens (including phenoxy) is 2. The van der Waals surface area contributed by atoms with Crippen LogP contribution in [0.4, 0.5) is 0 Å². The Morgan fingerprint density at radius 3 is 3.12 bits per heavy atom. The molecule has 2 aliphatic rings. The Bertz CT molecular complexity index is 625. The summed E-state index contributed by atoms with van der Waals surface area (Å²) in [7, 11) is 1.75. The van der Waals surface area contributed by atoms with Gasteiger partial charge >= 0.3 is 0 Å². The quantitative estimate of drug-likeness (QED) is 0.851. The number of nitrogens with zero attached hydrogens (tertiary/aromatic N) is 2. The molecule has 1 aromatic rings. The lowest BCUT2D eigenvalue weighted by Gasteiger charge is -2.40. The lowest BCUT2D eigenvalue weighted by Crippen LogP contribution is -2.53. The van der Waals surface area contributed by atoms with Gasteiger partial charge in [0.05, 0.1) is 37.8 Å². The molecule has 1 amide bonds. The number of benzene rings is 1. The first-order chi connectivity index (χ1) is 11.7. The number of morpholine rings is 1. The molecule has 0 radical (unpaired) electrons. The Morgan fingerprint density at radius 1 is 1.46 bits per heavy atom. The molecule has 0 spiro atoms. The van der Waals surface area contributed by atoms with Crippen LogP contribution in [0.1, 0.15) is 35.2 Å². The van der Waals surface area contributed by atoms with Crippen LogP contribution in [0, 0.1) is 17.2 Å². The highest BCUT2D eigenvalue weighted by molar-refractivity contribution is 5.94. The predicted molar refractivity (Wildman–Crippen MR) is 89.5 cm³/mol. The maximum atomic E-state index is 13.1. The molecular weight excluding hydrogens is 304 g/mol. The Hall–Kier alpha value is -1.90. The van der Waals surface area contributed by atoms with Gasteiger partial charge in [-0.2, -0.15) is 5.26 Å². The number of nitriles is 1. The van der Waals surface area contributed by atoms with Crippen molar-refractivity contribution in [2.45, 2.75) is 37.8 Å². The van der Waals surface area contributed by atoms with Crippen LogP contribution in [-0.2, 0) is 15.9 Å². The van der Waals surface area contributed by atoms with Crippen molar-refractivity contribution >= 4 is 5.91 Å². The first-order valence-corrected chi connectivity index (χ1v) is 8.62. The molecule has 5 heteroatoms. The third kappa shape index (κ3) is 3.45. The van der Waals surface area contributed by atoms with E-state index in [1.54, 1.807) is 7.11 Å². The largest absolute Gasteiger partial charge is 0.381 e. The smallest absolute Gasteiger partial charge is 0.254 e. The lowest BCUT2D eigenvalue weighted by atomic mass is 9.93. The standard InChI is InChI=1S/C19H24N2O3/c1-23-18-7-3-6-16(18)17-13-24-11-10-21(17)19(22)15-5-2-4-14(12-15)8-9-20/h2,4-5,12,16-18H,3,6-8,10-11,13H2,1H3/t16-,17-,18+/m0/s1. The lowest BCUT2D eigenvalue weighted by molar-refractivity contribution is -0.0460. The first kappa shape index (κ1) is 16.9. The van der Waals surface area contributed by atoms with E-state index in [1.165, 1.54) is 0 Å². The summed E-state index contributed by atoms with van der Waals surface area (Å²) in [5, 5.41) is 8.86. The number of carbonyl (C=O) groups excluding carboxylic acids is 1. The van der Waals surface area contributed by atoms with E-state index in [9.17, 15) is 4.79 Å². The van der Waals surface area contributed by atoms with E-state index in [2.05, 4.69) is 6.07 Å². The SMILES string of the molecule is CO[C@@H]1CCC[C@H]1[C@@H]1COCCN1C(=O)c1cccc(CC#N)c1. The highest BCUT2D eigenvalue weighted by Gasteiger charge is 2.40. The van der Waals surface area contributed by atoms with Gasteiger partial charge in [-0.1, -0.05) is 18.6 Å². The van der Waals surface area contributed by atoms with E-state index in [1.807, 2.05) is 29.2 Å². The first-order valence-electron chi connectivity index (χ1n) is 8.62. The molecule has 1 heterocycles. The van der Waals surface area contributed by atoms with E-state index in [0.717, 1.165) is 24.8 Å². The van der Waals surface area contributed by atoms with Crippen LogP contribution in [-0.4, -0.2) is 49.8 Å². The van der Waals surface area contributed by atoms with Crippen LogP contribution in [0.5, 0.6) is 0 Å². The predicted octanol–water partition coefficient (Wildman–Crippen LogP) is 2.41. The van der Waals surface area contributed by atoms with Gasteiger partial charge in [-0.25, -0.2) is 0 Å². The zero-order valence-corrected chi connectivity index (χ0v) is 14.1. The topological polar surface area (TPSA) is 62.6 Å². The number of hydrogen-bond acceptors (Lipinski definition) is 4. The molecule has 0 unspecified atom stereocenters. The van der Waals surface area contributed by atoms with E-state index in [-0.39, 0.29) is 18.1 Å². The van der Waals surface area contributed by atoms with Crippen molar-refractivity contribution in [1.29, 1.82) is 5.26 Å². The molecule has 1 aromatic carbocycles. The van der Waals surface area contributed by atoms with Gasteiger partial charge in [0.25, 0.3) is 5.91 Å². The summed E-state index contributed by atoms with van der Waals surface area (Å²) in [6.07, 6.45) is 3.79.